The molecule has 2 rings (SSSR count). The fourth-order valence-electron chi connectivity index (χ4n) is 1.37. The number of halogens is 1. The van der Waals surface area contributed by atoms with Gasteiger partial charge in [-0.25, -0.2) is 4.98 Å². The Kier molecular flexibility index (Phi) is 2.99. The Labute approximate surface area is 91.7 Å². The van der Waals surface area contributed by atoms with Crippen LogP contribution in [-0.2, 0) is 13.0 Å². The van der Waals surface area contributed by atoms with Gasteiger partial charge < -0.3 is 4.57 Å². The molecular weight excluding hydrogens is 240 g/mol. The monoisotopic (exact) mass is 250 g/mol. The first kappa shape index (κ1) is 9.46. The van der Waals surface area contributed by atoms with Gasteiger partial charge in [0, 0.05) is 18.9 Å². The Morgan fingerprint density at radius 1 is 1.21 bits per heavy atom. The van der Waals surface area contributed by atoms with E-state index in [4.69, 9.17) is 0 Å². The first-order valence-corrected chi connectivity index (χ1v) is 5.36. The van der Waals surface area contributed by atoms with Gasteiger partial charge in [-0.05, 0) is 27.9 Å². The van der Waals surface area contributed by atoms with Crippen LogP contribution in [0, 0.1) is 0 Å². The molecule has 0 fully saturated rings. The molecular formula is C11H11BrN2. The van der Waals surface area contributed by atoms with E-state index in [-0.39, 0.29) is 0 Å². The van der Waals surface area contributed by atoms with Crippen LogP contribution in [0.4, 0.5) is 0 Å². The van der Waals surface area contributed by atoms with Crippen LogP contribution in [0.3, 0.4) is 0 Å². The third kappa shape index (κ3) is 2.23. The van der Waals surface area contributed by atoms with Crippen LogP contribution < -0.4 is 0 Å². The molecule has 0 saturated heterocycles. The van der Waals surface area contributed by atoms with Crippen molar-refractivity contribution in [3.8, 4) is 0 Å². The van der Waals surface area contributed by atoms with E-state index < -0.39 is 0 Å². The molecule has 1 aromatic heterocycles. The fraction of sp³-hybridized carbons (Fsp3) is 0.182. The number of benzene rings is 1. The van der Waals surface area contributed by atoms with Crippen LogP contribution in [0.1, 0.15) is 5.56 Å². The minimum absolute atomic E-state index is 0.897. The summed E-state index contributed by atoms with van der Waals surface area (Å²) in [6.45, 7) is 0.963. The van der Waals surface area contributed by atoms with Gasteiger partial charge in [0.25, 0.3) is 0 Å². The maximum Gasteiger partial charge on any atom is 0.177 e. The van der Waals surface area contributed by atoms with Gasteiger partial charge in [0.15, 0.2) is 4.73 Å². The summed E-state index contributed by atoms with van der Waals surface area (Å²) < 4.78 is 2.99. The van der Waals surface area contributed by atoms with E-state index in [9.17, 15) is 0 Å². The quantitative estimate of drug-likeness (QED) is 0.820. The van der Waals surface area contributed by atoms with Crippen molar-refractivity contribution in [1.82, 2.24) is 9.55 Å². The first-order chi connectivity index (χ1) is 6.86. The average Bonchev–Trinajstić information content (AvgIpc) is 2.63. The van der Waals surface area contributed by atoms with E-state index in [0.29, 0.717) is 0 Å². The number of hydrogen-bond donors (Lipinski definition) is 0. The van der Waals surface area contributed by atoms with Crippen LogP contribution in [0.2, 0.25) is 0 Å². The molecule has 0 aliphatic heterocycles. The Balaban J connectivity index is 1.99. The minimum Gasteiger partial charge on any atom is -0.325 e. The Bertz CT molecular complexity index is 395. The highest BCUT2D eigenvalue weighted by Gasteiger charge is 1.98. The normalized spacial score (nSPS) is 10.4. The molecule has 2 nitrogen and oxygen atoms in total. The molecule has 3 heteroatoms. The second-order valence-electron chi connectivity index (χ2n) is 3.13. The predicted octanol–water partition coefficient (Wildman–Crippen LogP) is 2.89. The maximum atomic E-state index is 4.11. The van der Waals surface area contributed by atoms with Crippen LogP contribution >= 0.6 is 15.9 Å². The lowest BCUT2D eigenvalue weighted by atomic mass is 10.1. The Morgan fingerprint density at radius 2 is 2.00 bits per heavy atom. The molecule has 0 N–H and O–H groups in total. The zero-order valence-corrected chi connectivity index (χ0v) is 9.31. The van der Waals surface area contributed by atoms with E-state index in [2.05, 4.69) is 49.7 Å². The number of nitrogens with zero attached hydrogens (tertiary/aromatic N) is 2. The van der Waals surface area contributed by atoms with Gasteiger partial charge in [-0.15, -0.1) is 0 Å². The van der Waals surface area contributed by atoms with E-state index >= 15 is 0 Å². The second-order valence-corrected chi connectivity index (χ2v) is 3.83. The molecule has 1 heterocycles. The highest BCUT2D eigenvalue weighted by Crippen LogP contribution is 2.08. The summed E-state index contributed by atoms with van der Waals surface area (Å²) in [5.41, 5.74) is 1.35. The van der Waals surface area contributed by atoms with E-state index in [1.807, 2.05) is 12.3 Å². The zero-order valence-electron chi connectivity index (χ0n) is 7.73. The summed E-state index contributed by atoms with van der Waals surface area (Å²) >= 11 is 3.39. The van der Waals surface area contributed by atoms with E-state index in [1.54, 1.807) is 6.20 Å². The van der Waals surface area contributed by atoms with Gasteiger partial charge in [0.1, 0.15) is 0 Å². The summed E-state index contributed by atoms with van der Waals surface area (Å²) in [4.78, 5) is 4.11. The summed E-state index contributed by atoms with van der Waals surface area (Å²) in [6, 6.07) is 10.5. The van der Waals surface area contributed by atoms with Crippen molar-refractivity contribution < 1.29 is 0 Å². The highest BCUT2D eigenvalue weighted by molar-refractivity contribution is 9.10. The molecule has 0 unspecified atom stereocenters. The molecule has 1 aromatic carbocycles. The molecule has 14 heavy (non-hydrogen) atoms. The Hall–Kier alpha value is -1.09. The predicted molar refractivity (Wildman–Crippen MR) is 60.1 cm³/mol. The molecule has 2 aromatic rings. The van der Waals surface area contributed by atoms with E-state index in [0.717, 1.165) is 17.7 Å². The standard InChI is InChI=1S/C11H11BrN2/c12-11-13-7-9-14(11)8-6-10-4-2-1-3-5-10/h1-5,7,9H,6,8H2. The van der Waals surface area contributed by atoms with Gasteiger partial charge in [0.2, 0.25) is 0 Å². The minimum atomic E-state index is 0.897. The van der Waals surface area contributed by atoms with Crippen molar-refractivity contribution in [3.05, 3.63) is 53.0 Å². The lowest BCUT2D eigenvalue weighted by Crippen LogP contribution is -2.00. The number of rotatable bonds is 3. The molecule has 0 saturated carbocycles. The molecule has 0 atom stereocenters. The van der Waals surface area contributed by atoms with Crippen molar-refractivity contribution in [2.45, 2.75) is 13.0 Å². The van der Waals surface area contributed by atoms with Crippen molar-refractivity contribution in [1.29, 1.82) is 0 Å². The van der Waals surface area contributed by atoms with E-state index in [1.165, 1.54) is 5.56 Å². The summed E-state index contributed by atoms with van der Waals surface area (Å²) in [7, 11) is 0. The van der Waals surface area contributed by atoms with Crippen LogP contribution in [-0.4, -0.2) is 9.55 Å². The van der Waals surface area contributed by atoms with Crippen LogP contribution in [0.25, 0.3) is 0 Å². The van der Waals surface area contributed by atoms with Crippen molar-refractivity contribution in [3.63, 3.8) is 0 Å². The molecule has 0 radical (unpaired) electrons. The highest BCUT2D eigenvalue weighted by atomic mass is 79.9. The summed E-state index contributed by atoms with van der Waals surface area (Å²) in [5.74, 6) is 0. The number of aromatic nitrogens is 2. The van der Waals surface area contributed by atoms with Gasteiger partial charge in [-0.2, -0.15) is 0 Å². The first-order valence-electron chi connectivity index (χ1n) is 4.57. The van der Waals surface area contributed by atoms with Gasteiger partial charge in [-0.3, -0.25) is 0 Å². The zero-order chi connectivity index (χ0) is 9.80. The summed E-state index contributed by atoms with van der Waals surface area (Å²) in [5, 5.41) is 0. The lowest BCUT2D eigenvalue weighted by Gasteiger charge is -2.03. The molecule has 0 amide bonds. The van der Waals surface area contributed by atoms with Gasteiger partial charge in [-0.1, -0.05) is 30.3 Å². The molecule has 0 bridgehead atoms. The molecule has 0 aliphatic carbocycles. The van der Waals surface area contributed by atoms with Crippen molar-refractivity contribution in [2.75, 3.05) is 0 Å². The third-order valence-corrected chi connectivity index (χ3v) is 2.81. The van der Waals surface area contributed by atoms with Crippen molar-refractivity contribution in [2.24, 2.45) is 0 Å². The molecule has 72 valence electrons. The second kappa shape index (κ2) is 4.42. The summed E-state index contributed by atoms with van der Waals surface area (Å²) in [6.07, 6.45) is 4.82. The SMILES string of the molecule is Brc1nccn1CCc1ccccc1. The number of aryl methyl sites for hydroxylation is 2. The fourth-order valence-corrected chi connectivity index (χ4v) is 1.79. The molecule has 0 spiro atoms. The topological polar surface area (TPSA) is 17.8 Å². The lowest BCUT2D eigenvalue weighted by molar-refractivity contribution is 0.680. The average molecular weight is 251 g/mol. The maximum absolute atomic E-state index is 4.11. The smallest absolute Gasteiger partial charge is 0.177 e. The van der Waals surface area contributed by atoms with Crippen LogP contribution in [0.5, 0.6) is 0 Å². The van der Waals surface area contributed by atoms with Crippen LogP contribution in [0.15, 0.2) is 47.5 Å². The third-order valence-electron chi connectivity index (χ3n) is 2.15. The van der Waals surface area contributed by atoms with Gasteiger partial charge in [0.05, 0.1) is 0 Å². The van der Waals surface area contributed by atoms with Crippen molar-refractivity contribution >= 4 is 15.9 Å². The number of hydrogen-bond acceptors (Lipinski definition) is 1. The molecule has 0 aliphatic rings. The van der Waals surface area contributed by atoms with Gasteiger partial charge >= 0.3 is 0 Å². The Morgan fingerprint density at radius 3 is 2.64 bits per heavy atom. The largest absolute Gasteiger partial charge is 0.325 e. The number of imidazole rings is 1.